The van der Waals surface area contributed by atoms with E-state index in [0.717, 1.165) is 38.2 Å². The van der Waals surface area contributed by atoms with Crippen LogP contribution in [0.1, 0.15) is 79.6 Å². The van der Waals surface area contributed by atoms with Crippen LogP contribution in [0.3, 0.4) is 0 Å². The second kappa shape index (κ2) is 13.3. The number of rotatable bonds is 7. The van der Waals surface area contributed by atoms with Crippen molar-refractivity contribution in [2.75, 3.05) is 32.7 Å². The fourth-order valence-electron chi connectivity index (χ4n) is 6.01. The Labute approximate surface area is 254 Å². The summed E-state index contributed by atoms with van der Waals surface area (Å²) in [6.07, 6.45) is 4.73. The number of piperidine rings is 2. The molecule has 2 aliphatic rings. The third kappa shape index (κ3) is 8.02. The van der Waals surface area contributed by atoms with Gasteiger partial charge in [-0.3, -0.25) is 9.69 Å². The molecule has 1 aromatic heterocycles. The SMILES string of the molecule is Cc1ccc(CN2CCC(CNC(=O)c3cnn(-c4ccc(F)cc4)c3C3CCN(C(=O)OC(C)(C)C)CC3)CC2)cc1. The normalized spacial score (nSPS) is 17.2. The van der Waals surface area contributed by atoms with Gasteiger partial charge < -0.3 is 15.0 Å². The molecule has 9 heteroatoms. The standard InChI is InChI=1S/C34H44FN5O3/c1-24-5-7-26(8-6-24)23-38-17-13-25(14-18-38)21-36-32(41)30-22-37-40(29-11-9-28(35)10-12-29)31(30)27-15-19-39(20-16-27)33(42)43-34(2,3)4/h5-12,22,25,27H,13-21,23H2,1-4H3,(H,36,41). The fourth-order valence-corrected chi connectivity index (χ4v) is 6.01. The summed E-state index contributed by atoms with van der Waals surface area (Å²) >= 11 is 0. The van der Waals surface area contributed by atoms with Gasteiger partial charge in [-0.25, -0.2) is 13.9 Å². The second-order valence-electron chi connectivity index (χ2n) is 13.0. The molecular formula is C34H44FN5O3. The molecule has 0 saturated carbocycles. The topological polar surface area (TPSA) is 79.7 Å². The van der Waals surface area contributed by atoms with E-state index >= 15 is 0 Å². The third-order valence-electron chi connectivity index (χ3n) is 8.44. The highest BCUT2D eigenvalue weighted by Crippen LogP contribution is 2.33. The predicted octanol–water partition coefficient (Wildman–Crippen LogP) is 6.08. The molecule has 43 heavy (non-hydrogen) atoms. The van der Waals surface area contributed by atoms with Gasteiger partial charge in [0, 0.05) is 32.1 Å². The van der Waals surface area contributed by atoms with Gasteiger partial charge in [0.2, 0.25) is 0 Å². The molecule has 2 fully saturated rings. The molecule has 1 N–H and O–H groups in total. The van der Waals surface area contributed by atoms with Crippen molar-refractivity contribution < 1.29 is 18.7 Å². The second-order valence-corrected chi connectivity index (χ2v) is 13.0. The number of amides is 2. The molecule has 0 radical (unpaired) electrons. The van der Waals surface area contributed by atoms with Gasteiger partial charge in [-0.15, -0.1) is 0 Å². The number of hydrogen-bond acceptors (Lipinski definition) is 5. The molecule has 0 bridgehead atoms. The van der Waals surface area contributed by atoms with E-state index < -0.39 is 5.60 Å². The van der Waals surface area contributed by atoms with Gasteiger partial charge in [-0.2, -0.15) is 5.10 Å². The van der Waals surface area contributed by atoms with Crippen LogP contribution in [-0.4, -0.2) is 69.9 Å². The number of aryl methyl sites for hydroxylation is 1. The van der Waals surface area contributed by atoms with Crippen LogP contribution in [-0.2, 0) is 11.3 Å². The number of benzene rings is 2. The number of ether oxygens (including phenoxy) is 1. The van der Waals surface area contributed by atoms with Crippen molar-refractivity contribution in [3.8, 4) is 5.69 Å². The van der Waals surface area contributed by atoms with Crippen molar-refractivity contribution in [2.45, 2.75) is 71.4 Å². The average molecular weight is 590 g/mol. The number of carbonyl (C=O) groups excluding carboxylic acids is 2. The van der Waals surface area contributed by atoms with E-state index in [-0.39, 0.29) is 23.7 Å². The molecule has 2 saturated heterocycles. The molecule has 3 heterocycles. The van der Waals surface area contributed by atoms with Crippen molar-refractivity contribution in [1.82, 2.24) is 24.9 Å². The zero-order valence-corrected chi connectivity index (χ0v) is 25.8. The van der Waals surface area contributed by atoms with Crippen LogP contribution in [0.5, 0.6) is 0 Å². The summed E-state index contributed by atoms with van der Waals surface area (Å²) in [7, 11) is 0. The van der Waals surface area contributed by atoms with E-state index in [9.17, 15) is 14.0 Å². The number of carbonyl (C=O) groups is 2. The minimum atomic E-state index is -0.557. The molecule has 0 spiro atoms. The average Bonchev–Trinajstić information content (AvgIpc) is 3.43. The third-order valence-corrected chi connectivity index (χ3v) is 8.44. The summed E-state index contributed by atoms with van der Waals surface area (Å²) in [5, 5.41) is 7.78. The number of aromatic nitrogens is 2. The lowest BCUT2D eigenvalue weighted by molar-refractivity contribution is 0.0203. The number of nitrogens with one attached hydrogen (secondary N) is 1. The van der Waals surface area contributed by atoms with Crippen molar-refractivity contribution >= 4 is 12.0 Å². The maximum absolute atomic E-state index is 13.7. The summed E-state index contributed by atoms with van der Waals surface area (Å²) in [6.45, 7) is 12.3. The first-order valence-corrected chi connectivity index (χ1v) is 15.4. The molecule has 2 amide bonds. The van der Waals surface area contributed by atoms with Crippen molar-refractivity contribution in [2.24, 2.45) is 5.92 Å². The smallest absolute Gasteiger partial charge is 0.410 e. The Morgan fingerprint density at radius 3 is 2.23 bits per heavy atom. The van der Waals surface area contributed by atoms with Crippen molar-refractivity contribution in [3.05, 3.63) is 82.9 Å². The van der Waals surface area contributed by atoms with Gasteiger partial charge in [0.1, 0.15) is 11.4 Å². The number of nitrogens with zero attached hydrogens (tertiary/aromatic N) is 4. The summed E-state index contributed by atoms with van der Waals surface area (Å²) < 4.78 is 21.0. The van der Waals surface area contributed by atoms with Gasteiger partial charge in [-0.05, 0) is 102 Å². The quantitative estimate of drug-likeness (QED) is 0.362. The van der Waals surface area contributed by atoms with Crippen LogP contribution in [0.15, 0.2) is 54.7 Å². The minimum absolute atomic E-state index is 0.0111. The molecular weight excluding hydrogens is 545 g/mol. The summed E-state index contributed by atoms with van der Waals surface area (Å²) in [4.78, 5) is 30.4. The lowest BCUT2D eigenvalue weighted by atomic mass is 9.90. The van der Waals surface area contributed by atoms with E-state index in [4.69, 9.17) is 4.74 Å². The van der Waals surface area contributed by atoms with Gasteiger partial charge >= 0.3 is 6.09 Å². The highest BCUT2D eigenvalue weighted by atomic mass is 19.1. The largest absolute Gasteiger partial charge is 0.444 e. The van der Waals surface area contributed by atoms with Crippen LogP contribution >= 0.6 is 0 Å². The van der Waals surface area contributed by atoms with E-state index in [1.165, 1.54) is 23.3 Å². The summed E-state index contributed by atoms with van der Waals surface area (Å²) in [5.41, 5.74) is 4.09. The number of likely N-dealkylation sites (tertiary alicyclic amines) is 2. The molecule has 8 nitrogen and oxygen atoms in total. The van der Waals surface area contributed by atoms with Gasteiger partial charge in [0.15, 0.2) is 0 Å². The molecule has 2 aliphatic heterocycles. The van der Waals surface area contributed by atoms with Crippen molar-refractivity contribution in [3.63, 3.8) is 0 Å². The molecule has 0 atom stereocenters. The van der Waals surface area contributed by atoms with E-state index in [1.807, 2.05) is 20.8 Å². The van der Waals surface area contributed by atoms with Gasteiger partial charge in [0.25, 0.3) is 5.91 Å². The van der Waals surface area contributed by atoms with Gasteiger partial charge in [-0.1, -0.05) is 29.8 Å². The van der Waals surface area contributed by atoms with Crippen LogP contribution in [0.25, 0.3) is 5.69 Å². The Bertz CT molecular complexity index is 1380. The highest BCUT2D eigenvalue weighted by molar-refractivity contribution is 5.95. The summed E-state index contributed by atoms with van der Waals surface area (Å²) in [6, 6.07) is 14.9. The molecule has 5 rings (SSSR count). The van der Waals surface area contributed by atoms with E-state index in [1.54, 1.807) is 27.9 Å². The molecule has 3 aromatic rings. The first kappa shape index (κ1) is 30.7. The lowest BCUT2D eigenvalue weighted by Gasteiger charge is -2.34. The number of halogens is 1. The predicted molar refractivity (Wildman–Crippen MR) is 165 cm³/mol. The van der Waals surface area contributed by atoms with Crippen LogP contribution in [0, 0.1) is 18.7 Å². The van der Waals surface area contributed by atoms with Gasteiger partial charge in [0.05, 0.1) is 23.1 Å². The fraction of sp³-hybridized carbons (Fsp3) is 0.500. The molecule has 0 unspecified atom stereocenters. The van der Waals surface area contributed by atoms with Crippen LogP contribution in [0.2, 0.25) is 0 Å². The first-order valence-electron chi connectivity index (χ1n) is 15.4. The summed E-state index contributed by atoms with van der Waals surface area (Å²) in [5.74, 6) is -0.0334. The Morgan fingerprint density at radius 1 is 0.953 bits per heavy atom. The van der Waals surface area contributed by atoms with Crippen molar-refractivity contribution in [1.29, 1.82) is 0 Å². The van der Waals surface area contributed by atoms with E-state index in [2.05, 4.69) is 46.5 Å². The Balaban J connectivity index is 1.23. The van der Waals surface area contributed by atoms with Crippen LogP contribution in [0.4, 0.5) is 9.18 Å². The molecule has 0 aliphatic carbocycles. The molecule has 2 aromatic carbocycles. The Hall–Kier alpha value is -3.72. The Kier molecular flexibility index (Phi) is 9.49. The highest BCUT2D eigenvalue weighted by Gasteiger charge is 2.32. The zero-order chi connectivity index (χ0) is 30.6. The zero-order valence-electron chi connectivity index (χ0n) is 25.8. The number of hydrogen-bond donors (Lipinski definition) is 1. The van der Waals surface area contributed by atoms with E-state index in [0.29, 0.717) is 49.6 Å². The first-order chi connectivity index (χ1) is 20.6. The minimum Gasteiger partial charge on any atom is -0.444 e. The Morgan fingerprint density at radius 2 is 1.60 bits per heavy atom. The monoisotopic (exact) mass is 589 g/mol. The maximum atomic E-state index is 13.7. The lowest BCUT2D eigenvalue weighted by Crippen LogP contribution is -2.42. The molecule has 230 valence electrons. The maximum Gasteiger partial charge on any atom is 0.410 e. The van der Waals surface area contributed by atoms with Crippen LogP contribution < -0.4 is 5.32 Å².